The van der Waals surface area contributed by atoms with Gasteiger partial charge in [-0.2, -0.15) is 0 Å². The number of hydrogen-bond donors (Lipinski definition) is 0. The maximum Gasteiger partial charge on any atom is 0.108 e. The van der Waals surface area contributed by atoms with Crippen molar-refractivity contribution in [3.8, 4) is 0 Å². The van der Waals surface area contributed by atoms with Gasteiger partial charge < -0.3 is 4.74 Å². The lowest BCUT2D eigenvalue weighted by Crippen LogP contribution is -2.18. The van der Waals surface area contributed by atoms with Gasteiger partial charge >= 0.3 is 0 Å². The fourth-order valence-electron chi connectivity index (χ4n) is 1.39. The zero-order valence-corrected chi connectivity index (χ0v) is 9.15. The molecule has 0 saturated carbocycles. The fourth-order valence-corrected chi connectivity index (χ4v) is 3.25. The molecule has 72 valence electrons. The quantitative estimate of drug-likeness (QED) is 0.693. The highest BCUT2D eigenvalue weighted by Crippen LogP contribution is 2.31. The number of rotatable bonds is 2. The smallest absolute Gasteiger partial charge is 0.108 e. The van der Waals surface area contributed by atoms with Crippen LogP contribution in [0.25, 0.3) is 0 Å². The molecule has 0 saturated heterocycles. The van der Waals surface area contributed by atoms with Crippen LogP contribution in [0.5, 0.6) is 0 Å². The molecule has 0 amide bonds. The van der Waals surface area contributed by atoms with E-state index in [0.29, 0.717) is 10.9 Å². The third-order valence-corrected chi connectivity index (χ3v) is 4.09. The zero-order chi connectivity index (χ0) is 8.93. The van der Waals surface area contributed by atoms with Gasteiger partial charge in [0.15, 0.2) is 0 Å². The number of ether oxygens (including phenoxy) is 1. The van der Waals surface area contributed by atoms with Crippen LogP contribution in [-0.4, -0.2) is 10.9 Å². The van der Waals surface area contributed by atoms with Crippen LogP contribution in [0.15, 0.2) is 23.0 Å². The Labute approximate surface area is 88.0 Å². The standard InChI is InChI=1S/C10H14OS2/c1-3-7-12-9(5-1)11-10-6-2-4-8-13-10/h3-4,7-10H,1-2,5-6H2. The number of hydrogen-bond acceptors (Lipinski definition) is 3. The molecule has 1 nitrogen and oxygen atoms in total. The minimum atomic E-state index is 0.397. The van der Waals surface area contributed by atoms with Crippen LogP contribution in [0.3, 0.4) is 0 Å². The largest absolute Gasteiger partial charge is 0.353 e. The minimum absolute atomic E-state index is 0.397. The van der Waals surface area contributed by atoms with Gasteiger partial charge in [0.05, 0.1) is 0 Å². The first-order valence-corrected chi connectivity index (χ1v) is 6.60. The van der Waals surface area contributed by atoms with Crippen LogP contribution >= 0.6 is 23.5 Å². The Morgan fingerprint density at radius 2 is 1.46 bits per heavy atom. The van der Waals surface area contributed by atoms with E-state index >= 15 is 0 Å². The predicted molar refractivity (Wildman–Crippen MR) is 60.6 cm³/mol. The Morgan fingerprint density at radius 1 is 0.923 bits per heavy atom. The molecule has 13 heavy (non-hydrogen) atoms. The van der Waals surface area contributed by atoms with Crippen molar-refractivity contribution in [3.63, 3.8) is 0 Å². The van der Waals surface area contributed by atoms with E-state index in [1.54, 1.807) is 0 Å². The van der Waals surface area contributed by atoms with Gasteiger partial charge in [-0.3, -0.25) is 0 Å². The zero-order valence-electron chi connectivity index (χ0n) is 7.52. The Hall–Kier alpha value is 0.140. The van der Waals surface area contributed by atoms with Crippen LogP contribution in [0.1, 0.15) is 25.7 Å². The molecule has 2 atom stereocenters. The van der Waals surface area contributed by atoms with Crippen molar-refractivity contribution in [2.24, 2.45) is 0 Å². The minimum Gasteiger partial charge on any atom is -0.353 e. The SMILES string of the molecule is C1=CSC(OC2CCC=CS2)CC1. The summed E-state index contributed by atoms with van der Waals surface area (Å²) in [6.45, 7) is 0. The Kier molecular flexibility index (Phi) is 3.82. The molecule has 0 aromatic heterocycles. The number of allylic oxidation sites excluding steroid dienone is 2. The maximum absolute atomic E-state index is 5.96. The van der Waals surface area contributed by atoms with Gasteiger partial charge in [-0.05, 0) is 36.5 Å². The average molecular weight is 214 g/mol. The van der Waals surface area contributed by atoms with Gasteiger partial charge in [0.2, 0.25) is 0 Å². The van der Waals surface area contributed by atoms with Crippen LogP contribution in [-0.2, 0) is 4.74 Å². The molecule has 2 unspecified atom stereocenters. The highest BCUT2D eigenvalue weighted by atomic mass is 32.2. The summed E-state index contributed by atoms with van der Waals surface area (Å²) in [5.41, 5.74) is 0.794. The summed E-state index contributed by atoms with van der Waals surface area (Å²) in [7, 11) is 0. The molecule has 2 aliphatic rings. The molecule has 0 aliphatic carbocycles. The third-order valence-electron chi connectivity index (χ3n) is 2.09. The Balaban J connectivity index is 1.76. The van der Waals surface area contributed by atoms with Gasteiger partial charge in [0.25, 0.3) is 0 Å². The Morgan fingerprint density at radius 3 is 1.85 bits per heavy atom. The van der Waals surface area contributed by atoms with Crippen molar-refractivity contribution in [1.29, 1.82) is 0 Å². The van der Waals surface area contributed by atoms with E-state index in [2.05, 4.69) is 23.0 Å². The molecule has 3 heteroatoms. The second-order valence-corrected chi connectivity index (χ2v) is 5.31. The number of thioether (sulfide) groups is 2. The summed E-state index contributed by atoms with van der Waals surface area (Å²) in [4.78, 5) is 0. The lowest BCUT2D eigenvalue weighted by atomic mass is 10.3. The van der Waals surface area contributed by atoms with Crippen molar-refractivity contribution in [2.75, 3.05) is 0 Å². The molecule has 0 bridgehead atoms. The fraction of sp³-hybridized carbons (Fsp3) is 0.600. The summed E-state index contributed by atoms with van der Waals surface area (Å²) in [6, 6.07) is 0. The van der Waals surface area contributed by atoms with E-state index in [0.717, 1.165) is 0 Å². The van der Waals surface area contributed by atoms with Gasteiger partial charge in [-0.15, -0.1) is 23.5 Å². The lowest BCUT2D eigenvalue weighted by molar-refractivity contribution is 0.0824. The first-order valence-electron chi connectivity index (χ1n) is 4.71. The third kappa shape index (κ3) is 3.08. The topological polar surface area (TPSA) is 9.23 Å². The predicted octanol–water partition coefficient (Wildman–Crippen LogP) is 3.74. The van der Waals surface area contributed by atoms with Gasteiger partial charge in [0, 0.05) is 0 Å². The van der Waals surface area contributed by atoms with Crippen molar-refractivity contribution in [3.05, 3.63) is 23.0 Å². The van der Waals surface area contributed by atoms with Crippen LogP contribution in [0.2, 0.25) is 0 Å². The summed E-state index contributed by atoms with van der Waals surface area (Å²) in [6.07, 6.45) is 9.12. The van der Waals surface area contributed by atoms with Crippen LogP contribution < -0.4 is 0 Å². The van der Waals surface area contributed by atoms with E-state index in [9.17, 15) is 0 Å². The van der Waals surface area contributed by atoms with Crippen molar-refractivity contribution in [2.45, 2.75) is 36.6 Å². The van der Waals surface area contributed by atoms with E-state index < -0.39 is 0 Å². The molecular weight excluding hydrogens is 200 g/mol. The van der Waals surface area contributed by atoms with Crippen molar-refractivity contribution >= 4 is 23.5 Å². The summed E-state index contributed by atoms with van der Waals surface area (Å²) < 4.78 is 5.96. The van der Waals surface area contributed by atoms with Gasteiger partial charge in [0.1, 0.15) is 10.9 Å². The molecular formula is C10H14OS2. The maximum atomic E-state index is 5.96. The second-order valence-electron chi connectivity index (χ2n) is 3.17. The van der Waals surface area contributed by atoms with Crippen LogP contribution in [0.4, 0.5) is 0 Å². The van der Waals surface area contributed by atoms with Gasteiger partial charge in [-0.25, -0.2) is 0 Å². The highest BCUT2D eigenvalue weighted by molar-refractivity contribution is 8.03. The summed E-state index contributed by atoms with van der Waals surface area (Å²) in [5, 5.41) is 4.33. The van der Waals surface area contributed by atoms with E-state index in [4.69, 9.17) is 4.74 Å². The van der Waals surface area contributed by atoms with Gasteiger partial charge in [-0.1, -0.05) is 12.2 Å². The second kappa shape index (κ2) is 5.13. The molecule has 2 heterocycles. The molecule has 0 spiro atoms. The summed E-state index contributed by atoms with van der Waals surface area (Å²) >= 11 is 3.63. The molecule has 2 aliphatic heterocycles. The van der Waals surface area contributed by atoms with E-state index in [1.165, 1.54) is 25.7 Å². The molecule has 0 aromatic rings. The first-order chi connectivity index (χ1) is 6.45. The average Bonchev–Trinajstić information content (AvgIpc) is 2.21. The lowest BCUT2D eigenvalue weighted by Gasteiger charge is -2.25. The van der Waals surface area contributed by atoms with Crippen molar-refractivity contribution < 1.29 is 4.74 Å². The van der Waals surface area contributed by atoms with Crippen LogP contribution in [0, 0.1) is 0 Å². The molecule has 0 radical (unpaired) electrons. The highest BCUT2D eigenvalue weighted by Gasteiger charge is 2.18. The normalized spacial score (nSPS) is 33.5. The van der Waals surface area contributed by atoms with E-state index in [-0.39, 0.29) is 0 Å². The summed E-state index contributed by atoms with van der Waals surface area (Å²) in [5.74, 6) is 0. The van der Waals surface area contributed by atoms with E-state index in [1.807, 2.05) is 23.5 Å². The molecule has 0 aromatic carbocycles. The molecule has 0 fully saturated rings. The Bertz CT molecular complexity index is 191. The van der Waals surface area contributed by atoms with Crippen molar-refractivity contribution in [1.82, 2.24) is 0 Å². The monoisotopic (exact) mass is 214 g/mol. The molecule has 0 N–H and O–H groups in total. The first kappa shape index (κ1) is 9.69. The molecule has 2 rings (SSSR count).